The van der Waals surface area contributed by atoms with Gasteiger partial charge in [-0.25, -0.2) is 4.79 Å². The predicted molar refractivity (Wildman–Crippen MR) is 109 cm³/mol. The Balaban J connectivity index is 2.05. The molecule has 0 aromatic heterocycles. The predicted octanol–water partition coefficient (Wildman–Crippen LogP) is 4.15. The molecule has 1 heterocycles. The Morgan fingerprint density at radius 3 is 2.78 bits per heavy atom. The number of carbonyl (C=O) groups excluding carboxylic acids is 1. The third kappa shape index (κ3) is 4.66. The number of benzene rings is 2. The van der Waals surface area contributed by atoms with Gasteiger partial charge in [0.25, 0.3) is 0 Å². The molecule has 1 aliphatic heterocycles. The molecule has 0 atom stereocenters. The quantitative estimate of drug-likeness (QED) is 0.591. The van der Waals surface area contributed by atoms with E-state index in [9.17, 15) is 4.79 Å². The van der Waals surface area contributed by atoms with E-state index in [2.05, 4.69) is 54.1 Å². The highest BCUT2D eigenvalue weighted by Crippen LogP contribution is 2.37. The third-order valence-electron chi connectivity index (χ3n) is 4.52. The molecule has 0 spiro atoms. The second-order valence-corrected chi connectivity index (χ2v) is 6.77. The summed E-state index contributed by atoms with van der Waals surface area (Å²) in [7, 11) is 5.53. The highest BCUT2D eigenvalue weighted by Gasteiger charge is 2.19. The summed E-state index contributed by atoms with van der Waals surface area (Å²) >= 11 is 0. The molecule has 2 aromatic rings. The van der Waals surface area contributed by atoms with Gasteiger partial charge < -0.3 is 14.4 Å². The van der Waals surface area contributed by atoms with Crippen LogP contribution in [0.1, 0.15) is 28.7 Å². The van der Waals surface area contributed by atoms with Crippen molar-refractivity contribution in [3.8, 4) is 5.75 Å². The van der Waals surface area contributed by atoms with Crippen LogP contribution in [-0.4, -0.2) is 38.6 Å². The number of methoxy groups -OCH3 is 1. The molecule has 140 valence electrons. The Bertz CT molecular complexity index is 881. The molecule has 3 rings (SSSR count). The number of nitrogens with zero attached hydrogens (tertiary/aromatic N) is 1. The summed E-state index contributed by atoms with van der Waals surface area (Å²) in [5.74, 6) is 0.491. The fourth-order valence-corrected chi connectivity index (χ4v) is 3.12. The van der Waals surface area contributed by atoms with Crippen molar-refractivity contribution in [2.45, 2.75) is 13.0 Å². The number of carbonyl (C=O) groups is 1. The molecule has 0 fully saturated rings. The Morgan fingerprint density at radius 2 is 2.00 bits per heavy atom. The fourth-order valence-electron chi connectivity index (χ4n) is 3.12. The normalized spacial score (nSPS) is 14.6. The first-order valence-corrected chi connectivity index (χ1v) is 9.05. The maximum atomic E-state index is 11.4. The maximum absolute atomic E-state index is 11.4. The SMILES string of the molecule is COC(=O)/C=C/c1ccc2c(c1)/C(=C\CCN(C)C)c1ccccc1CO2. The maximum Gasteiger partial charge on any atom is 0.330 e. The summed E-state index contributed by atoms with van der Waals surface area (Å²) in [6.07, 6.45) is 6.42. The average Bonchev–Trinajstić information content (AvgIpc) is 2.83. The Labute approximate surface area is 160 Å². The molecule has 0 aliphatic carbocycles. The lowest BCUT2D eigenvalue weighted by atomic mass is 9.92. The number of hydrogen-bond acceptors (Lipinski definition) is 4. The van der Waals surface area contributed by atoms with Gasteiger partial charge in [-0.2, -0.15) is 0 Å². The molecule has 0 radical (unpaired) electrons. The summed E-state index contributed by atoms with van der Waals surface area (Å²) in [5.41, 5.74) is 5.53. The van der Waals surface area contributed by atoms with Crippen molar-refractivity contribution in [2.75, 3.05) is 27.7 Å². The average molecular weight is 363 g/mol. The van der Waals surface area contributed by atoms with E-state index in [0.717, 1.165) is 29.8 Å². The molecule has 4 heteroatoms. The summed E-state index contributed by atoms with van der Waals surface area (Å²) < 4.78 is 10.7. The number of hydrogen-bond donors (Lipinski definition) is 0. The molecular weight excluding hydrogens is 338 g/mol. The van der Waals surface area contributed by atoms with Gasteiger partial charge >= 0.3 is 5.97 Å². The number of rotatable bonds is 5. The van der Waals surface area contributed by atoms with Crippen LogP contribution in [0.5, 0.6) is 5.75 Å². The second kappa shape index (κ2) is 8.69. The van der Waals surface area contributed by atoms with E-state index >= 15 is 0 Å². The second-order valence-electron chi connectivity index (χ2n) is 6.77. The van der Waals surface area contributed by atoms with Crippen LogP contribution in [0, 0.1) is 0 Å². The largest absolute Gasteiger partial charge is 0.488 e. The van der Waals surface area contributed by atoms with Crippen molar-refractivity contribution < 1.29 is 14.3 Å². The standard InChI is InChI=1S/C23H25NO3/c1-24(2)14-6-9-20-19-8-5-4-7-18(19)16-27-22-12-10-17(15-21(20)22)11-13-23(25)26-3/h4-5,7-13,15H,6,14,16H2,1-3H3/b13-11+,20-9-. The Morgan fingerprint density at radius 1 is 1.19 bits per heavy atom. The van der Waals surface area contributed by atoms with E-state index in [1.54, 1.807) is 6.08 Å². The minimum absolute atomic E-state index is 0.367. The highest BCUT2D eigenvalue weighted by atomic mass is 16.5. The molecular formula is C23H25NO3. The van der Waals surface area contributed by atoms with E-state index in [4.69, 9.17) is 4.74 Å². The van der Waals surface area contributed by atoms with Gasteiger partial charge in [-0.15, -0.1) is 0 Å². The smallest absolute Gasteiger partial charge is 0.330 e. The zero-order valence-electron chi connectivity index (χ0n) is 16.1. The molecule has 0 saturated carbocycles. The third-order valence-corrected chi connectivity index (χ3v) is 4.52. The lowest BCUT2D eigenvalue weighted by Gasteiger charge is -2.13. The van der Waals surface area contributed by atoms with Crippen molar-refractivity contribution in [2.24, 2.45) is 0 Å². The van der Waals surface area contributed by atoms with E-state index in [0.29, 0.717) is 6.61 Å². The fraction of sp³-hybridized carbons (Fsp3) is 0.261. The van der Waals surface area contributed by atoms with E-state index in [-0.39, 0.29) is 5.97 Å². The monoisotopic (exact) mass is 363 g/mol. The zero-order chi connectivity index (χ0) is 19.2. The van der Waals surface area contributed by atoms with Crippen molar-refractivity contribution in [3.05, 3.63) is 76.9 Å². The Kier molecular flexibility index (Phi) is 6.09. The van der Waals surface area contributed by atoms with Crippen LogP contribution in [0.3, 0.4) is 0 Å². The molecule has 4 nitrogen and oxygen atoms in total. The van der Waals surface area contributed by atoms with Gasteiger partial charge in [0, 0.05) is 18.2 Å². The van der Waals surface area contributed by atoms with Gasteiger partial charge in [-0.1, -0.05) is 36.4 Å². The summed E-state index contributed by atoms with van der Waals surface area (Å²) in [5, 5.41) is 0. The van der Waals surface area contributed by atoms with Crippen LogP contribution in [0.25, 0.3) is 11.6 Å². The summed E-state index contributed by atoms with van der Waals surface area (Å²) in [6, 6.07) is 14.3. The first kappa shape index (κ1) is 18.9. The van der Waals surface area contributed by atoms with E-state index in [1.807, 2.05) is 18.2 Å². The molecule has 0 saturated heterocycles. The van der Waals surface area contributed by atoms with Crippen molar-refractivity contribution in [1.29, 1.82) is 0 Å². The van der Waals surface area contributed by atoms with Crippen LogP contribution in [-0.2, 0) is 16.1 Å². The van der Waals surface area contributed by atoms with Crippen molar-refractivity contribution in [3.63, 3.8) is 0 Å². The minimum Gasteiger partial charge on any atom is -0.488 e. The van der Waals surface area contributed by atoms with Crippen molar-refractivity contribution in [1.82, 2.24) is 4.90 Å². The van der Waals surface area contributed by atoms with Crippen LogP contribution in [0.15, 0.2) is 54.6 Å². The van der Waals surface area contributed by atoms with Crippen LogP contribution < -0.4 is 4.74 Å². The summed E-state index contributed by atoms with van der Waals surface area (Å²) in [4.78, 5) is 13.6. The van der Waals surface area contributed by atoms with Gasteiger partial charge in [0.2, 0.25) is 0 Å². The molecule has 2 aromatic carbocycles. The van der Waals surface area contributed by atoms with Crippen LogP contribution in [0.2, 0.25) is 0 Å². The van der Waals surface area contributed by atoms with Gasteiger partial charge in [-0.05, 0) is 61.0 Å². The van der Waals surface area contributed by atoms with Gasteiger partial charge in [0.1, 0.15) is 12.4 Å². The lowest BCUT2D eigenvalue weighted by Crippen LogP contribution is -2.12. The zero-order valence-corrected chi connectivity index (χ0v) is 16.1. The number of esters is 1. The topological polar surface area (TPSA) is 38.8 Å². The van der Waals surface area contributed by atoms with Crippen LogP contribution >= 0.6 is 0 Å². The van der Waals surface area contributed by atoms with Crippen molar-refractivity contribution >= 4 is 17.6 Å². The van der Waals surface area contributed by atoms with Gasteiger partial charge in [-0.3, -0.25) is 0 Å². The molecule has 1 aliphatic rings. The molecule has 27 heavy (non-hydrogen) atoms. The molecule has 0 amide bonds. The molecule has 0 N–H and O–H groups in total. The number of fused-ring (bicyclic) bond motifs is 2. The van der Waals surface area contributed by atoms with E-state index < -0.39 is 0 Å². The minimum atomic E-state index is -0.367. The molecule has 0 unspecified atom stereocenters. The Hall–Kier alpha value is -2.85. The first-order valence-electron chi connectivity index (χ1n) is 9.05. The molecule has 0 bridgehead atoms. The first-order chi connectivity index (χ1) is 13.1. The van der Waals surface area contributed by atoms with Gasteiger partial charge in [0.15, 0.2) is 0 Å². The highest BCUT2D eigenvalue weighted by molar-refractivity contribution is 5.89. The van der Waals surface area contributed by atoms with Gasteiger partial charge in [0.05, 0.1) is 7.11 Å². The van der Waals surface area contributed by atoms with Crippen LogP contribution in [0.4, 0.5) is 0 Å². The number of ether oxygens (including phenoxy) is 2. The summed E-state index contributed by atoms with van der Waals surface area (Å²) in [6.45, 7) is 1.52. The van der Waals surface area contributed by atoms with E-state index in [1.165, 1.54) is 29.9 Å². The lowest BCUT2D eigenvalue weighted by molar-refractivity contribution is -0.134.